The van der Waals surface area contributed by atoms with Crippen LogP contribution in [0.3, 0.4) is 0 Å². The van der Waals surface area contributed by atoms with Crippen molar-refractivity contribution in [1.82, 2.24) is 10.2 Å². The number of aromatic nitrogens is 2. The van der Waals surface area contributed by atoms with E-state index in [9.17, 15) is 14.9 Å². The zero-order valence-electron chi connectivity index (χ0n) is 12.8. The van der Waals surface area contributed by atoms with E-state index >= 15 is 0 Å². The lowest BCUT2D eigenvalue weighted by molar-refractivity contribution is -0.385. The topological polar surface area (TPSA) is 98.0 Å². The maximum Gasteiger partial charge on any atom is 0.283 e. The van der Waals surface area contributed by atoms with Gasteiger partial charge in [-0.1, -0.05) is 43.7 Å². The molecule has 23 heavy (non-hydrogen) atoms. The van der Waals surface area contributed by atoms with E-state index in [1.54, 1.807) is 0 Å². The van der Waals surface area contributed by atoms with Gasteiger partial charge in [-0.25, -0.2) is 0 Å². The maximum atomic E-state index is 12.2. The van der Waals surface area contributed by atoms with E-state index in [4.69, 9.17) is 11.6 Å². The minimum atomic E-state index is -0.647. The first-order valence-corrected chi connectivity index (χ1v) is 7.93. The van der Waals surface area contributed by atoms with Gasteiger partial charge in [0.15, 0.2) is 0 Å². The Labute approximate surface area is 141 Å². The molecule has 122 valence electrons. The van der Waals surface area contributed by atoms with Crippen molar-refractivity contribution in [1.29, 1.82) is 0 Å². The molecule has 0 saturated carbocycles. The van der Waals surface area contributed by atoms with Crippen LogP contribution in [0.5, 0.6) is 0 Å². The highest BCUT2D eigenvalue weighted by atomic mass is 35.5. The van der Waals surface area contributed by atoms with Crippen LogP contribution in [0.2, 0.25) is 5.02 Å². The van der Waals surface area contributed by atoms with E-state index in [0.717, 1.165) is 17.5 Å². The van der Waals surface area contributed by atoms with Gasteiger partial charge in [-0.3, -0.25) is 20.2 Å². The summed E-state index contributed by atoms with van der Waals surface area (Å²) in [6.07, 6.45) is 0.724. The minimum absolute atomic E-state index is 0.0514. The van der Waals surface area contributed by atoms with E-state index in [-0.39, 0.29) is 21.7 Å². The van der Waals surface area contributed by atoms with E-state index in [2.05, 4.69) is 36.3 Å². The molecule has 0 spiro atoms. The van der Waals surface area contributed by atoms with Crippen molar-refractivity contribution < 1.29 is 9.72 Å². The molecule has 1 aromatic heterocycles. The molecule has 1 N–H and O–H groups in total. The number of halogens is 1. The maximum absolute atomic E-state index is 12.2. The predicted octanol–water partition coefficient (Wildman–Crippen LogP) is 3.94. The molecule has 1 aromatic carbocycles. The number of anilines is 1. The number of nitrogens with one attached hydrogen (secondary N) is 1. The number of nitro benzene ring substituents is 1. The Kier molecular flexibility index (Phi) is 4.96. The van der Waals surface area contributed by atoms with Gasteiger partial charge in [0.2, 0.25) is 5.13 Å². The second kappa shape index (κ2) is 6.59. The summed E-state index contributed by atoms with van der Waals surface area (Å²) < 4.78 is 0. The molecule has 0 fully saturated rings. The third-order valence-corrected chi connectivity index (χ3v) is 3.84. The number of carbonyl (C=O) groups is 1. The van der Waals surface area contributed by atoms with E-state index < -0.39 is 10.8 Å². The van der Waals surface area contributed by atoms with E-state index in [1.807, 2.05) is 0 Å². The average Bonchev–Trinajstić information content (AvgIpc) is 2.83. The standard InChI is InChI=1S/C14H15ClN4O3S/c1-14(2,3)7-11-17-18-13(23-11)16-12(20)9-5-4-8(15)6-10(9)19(21)22/h4-6H,7H2,1-3H3,(H,16,18,20). The minimum Gasteiger partial charge on any atom is -0.296 e. The number of rotatable bonds is 4. The fourth-order valence-corrected chi connectivity index (χ4v) is 3.04. The molecule has 0 saturated heterocycles. The second-order valence-corrected chi connectivity index (χ2v) is 7.61. The number of benzene rings is 1. The summed E-state index contributed by atoms with van der Waals surface area (Å²) >= 11 is 6.98. The molecular formula is C14H15ClN4O3S. The van der Waals surface area contributed by atoms with Crippen LogP contribution in [-0.4, -0.2) is 21.0 Å². The lowest BCUT2D eigenvalue weighted by Gasteiger charge is -2.14. The molecular weight excluding hydrogens is 340 g/mol. The summed E-state index contributed by atoms with van der Waals surface area (Å²) in [6.45, 7) is 6.22. The van der Waals surface area contributed by atoms with Crippen LogP contribution >= 0.6 is 22.9 Å². The molecule has 0 aliphatic heterocycles. The lowest BCUT2D eigenvalue weighted by atomic mass is 9.93. The Hall–Kier alpha value is -2.06. The molecule has 0 radical (unpaired) electrons. The fraction of sp³-hybridized carbons (Fsp3) is 0.357. The Balaban J connectivity index is 2.18. The number of amides is 1. The Bertz CT molecular complexity index is 755. The smallest absolute Gasteiger partial charge is 0.283 e. The first-order chi connectivity index (χ1) is 10.7. The van der Waals surface area contributed by atoms with Gasteiger partial charge in [0, 0.05) is 17.5 Å². The van der Waals surface area contributed by atoms with Crippen molar-refractivity contribution in [2.75, 3.05) is 5.32 Å². The van der Waals surface area contributed by atoms with Gasteiger partial charge in [0.25, 0.3) is 11.6 Å². The number of carbonyl (C=O) groups excluding carboxylic acids is 1. The zero-order valence-corrected chi connectivity index (χ0v) is 14.4. The van der Waals surface area contributed by atoms with Crippen LogP contribution in [0.25, 0.3) is 0 Å². The van der Waals surface area contributed by atoms with Gasteiger partial charge in [-0.15, -0.1) is 10.2 Å². The molecule has 7 nitrogen and oxygen atoms in total. The van der Waals surface area contributed by atoms with Crippen LogP contribution in [-0.2, 0) is 6.42 Å². The Morgan fingerprint density at radius 3 is 2.70 bits per heavy atom. The first-order valence-electron chi connectivity index (χ1n) is 6.73. The Morgan fingerprint density at radius 1 is 1.39 bits per heavy atom. The van der Waals surface area contributed by atoms with Crippen LogP contribution < -0.4 is 5.32 Å². The van der Waals surface area contributed by atoms with Crippen molar-refractivity contribution in [2.45, 2.75) is 27.2 Å². The van der Waals surface area contributed by atoms with Crippen molar-refractivity contribution in [3.63, 3.8) is 0 Å². The van der Waals surface area contributed by atoms with Crippen LogP contribution in [0.15, 0.2) is 18.2 Å². The lowest BCUT2D eigenvalue weighted by Crippen LogP contribution is -2.13. The third kappa shape index (κ3) is 4.70. The highest BCUT2D eigenvalue weighted by Crippen LogP contribution is 2.27. The van der Waals surface area contributed by atoms with Crippen molar-refractivity contribution in [3.8, 4) is 0 Å². The zero-order chi connectivity index (χ0) is 17.2. The number of nitro groups is 1. The van der Waals surface area contributed by atoms with Crippen molar-refractivity contribution >= 4 is 39.7 Å². The van der Waals surface area contributed by atoms with Crippen LogP contribution in [0, 0.1) is 15.5 Å². The monoisotopic (exact) mass is 354 g/mol. The normalized spacial score (nSPS) is 11.3. The number of hydrogen-bond donors (Lipinski definition) is 1. The van der Waals surface area contributed by atoms with Crippen molar-refractivity contribution in [3.05, 3.63) is 43.9 Å². The molecule has 1 heterocycles. The average molecular weight is 355 g/mol. The SMILES string of the molecule is CC(C)(C)Cc1nnc(NC(=O)c2ccc(Cl)cc2[N+](=O)[O-])s1. The molecule has 0 bridgehead atoms. The molecule has 0 atom stereocenters. The van der Waals surface area contributed by atoms with Crippen LogP contribution in [0.1, 0.15) is 36.1 Å². The summed E-state index contributed by atoms with van der Waals surface area (Å²) in [5.41, 5.74) is -0.378. The highest BCUT2D eigenvalue weighted by Gasteiger charge is 2.22. The predicted molar refractivity (Wildman–Crippen MR) is 89.1 cm³/mol. The number of nitrogens with zero attached hydrogens (tertiary/aromatic N) is 3. The fourth-order valence-electron chi connectivity index (χ4n) is 1.84. The van der Waals surface area contributed by atoms with Gasteiger partial charge in [-0.05, 0) is 17.5 Å². The third-order valence-electron chi connectivity index (χ3n) is 2.77. The first kappa shape index (κ1) is 17.3. The quantitative estimate of drug-likeness (QED) is 0.662. The molecule has 2 aromatic rings. The summed E-state index contributed by atoms with van der Waals surface area (Å²) in [5.74, 6) is -0.619. The molecule has 0 unspecified atom stereocenters. The van der Waals surface area contributed by atoms with Gasteiger partial charge in [0.05, 0.1) is 4.92 Å². The van der Waals surface area contributed by atoms with Gasteiger partial charge in [-0.2, -0.15) is 0 Å². The highest BCUT2D eigenvalue weighted by molar-refractivity contribution is 7.15. The summed E-state index contributed by atoms with van der Waals surface area (Å²) in [7, 11) is 0. The van der Waals surface area contributed by atoms with Gasteiger partial charge < -0.3 is 0 Å². The molecule has 0 aliphatic rings. The molecule has 9 heteroatoms. The summed E-state index contributed by atoms with van der Waals surface area (Å²) in [6, 6.07) is 3.88. The van der Waals surface area contributed by atoms with E-state index in [0.29, 0.717) is 5.13 Å². The number of hydrogen-bond acceptors (Lipinski definition) is 6. The largest absolute Gasteiger partial charge is 0.296 e. The molecule has 2 rings (SSSR count). The van der Waals surface area contributed by atoms with Crippen LogP contribution in [0.4, 0.5) is 10.8 Å². The van der Waals surface area contributed by atoms with Gasteiger partial charge in [0.1, 0.15) is 10.6 Å². The van der Waals surface area contributed by atoms with Crippen molar-refractivity contribution in [2.24, 2.45) is 5.41 Å². The summed E-state index contributed by atoms with van der Waals surface area (Å²) in [4.78, 5) is 22.6. The Morgan fingerprint density at radius 2 is 2.09 bits per heavy atom. The second-order valence-electron chi connectivity index (χ2n) is 6.11. The molecule has 1 amide bonds. The van der Waals surface area contributed by atoms with E-state index in [1.165, 1.54) is 23.5 Å². The molecule has 0 aliphatic carbocycles. The summed E-state index contributed by atoms with van der Waals surface area (Å²) in [5, 5.41) is 22.8. The van der Waals surface area contributed by atoms with Gasteiger partial charge >= 0.3 is 0 Å².